The lowest BCUT2D eigenvalue weighted by Gasteiger charge is -2.13. The van der Waals surface area contributed by atoms with Crippen molar-refractivity contribution in [3.63, 3.8) is 0 Å². The predicted molar refractivity (Wildman–Crippen MR) is 54.3 cm³/mol. The lowest BCUT2D eigenvalue weighted by molar-refractivity contribution is 0.0906. The van der Waals surface area contributed by atoms with Crippen LogP contribution in [0.1, 0.15) is 40.0 Å². The molecular formula is C9H20O2S. The quantitative estimate of drug-likeness (QED) is 0.495. The summed E-state index contributed by atoms with van der Waals surface area (Å²) in [5.74, 6) is 1.18. The van der Waals surface area contributed by atoms with Crippen LogP contribution in [0.4, 0.5) is 0 Å². The molecule has 0 radical (unpaired) electrons. The van der Waals surface area contributed by atoms with Crippen LogP contribution >= 0.6 is 12.0 Å². The molecule has 2 atom stereocenters. The van der Waals surface area contributed by atoms with E-state index in [2.05, 4.69) is 20.8 Å². The van der Waals surface area contributed by atoms with Crippen LogP contribution in [0, 0.1) is 5.92 Å². The first-order valence-electron chi connectivity index (χ1n) is 4.58. The average Bonchev–Trinajstić information content (AvgIpc) is 2.10. The molecule has 2 nitrogen and oxygen atoms in total. The van der Waals surface area contributed by atoms with E-state index < -0.39 is 0 Å². The van der Waals surface area contributed by atoms with Crippen LogP contribution in [0.2, 0.25) is 0 Å². The Kier molecular flexibility index (Phi) is 8.07. The third-order valence-electron chi connectivity index (χ3n) is 2.17. The second-order valence-corrected chi connectivity index (χ2v) is 3.81. The first-order valence-corrected chi connectivity index (χ1v) is 5.52. The zero-order valence-corrected chi connectivity index (χ0v) is 9.06. The Morgan fingerprint density at radius 2 is 2.00 bits per heavy atom. The van der Waals surface area contributed by atoms with Gasteiger partial charge in [-0.2, -0.15) is 0 Å². The van der Waals surface area contributed by atoms with Crippen LogP contribution in [0.25, 0.3) is 0 Å². The molecule has 3 heteroatoms. The first kappa shape index (κ1) is 12.3. The van der Waals surface area contributed by atoms with Gasteiger partial charge >= 0.3 is 0 Å². The maximum atomic E-state index is 8.43. The van der Waals surface area contributed by atoms with E-state index in [1.54, 1.807) is 0 Å². The van der Waals surface area contributed by atoms with Crippen LogP contribution in [-0.2, 0) is 4.74 Å². The molecule has 0 saturated carbocycles. The van der Waals surface area contributed by atoms with Gasteiger partial charge in [0.1, 0.15) is 5.94 Å². The SMILES string of the molecule is CCC(C)CC[C@H](C)OCSO. The maximum Gasteiger partial charge on any atom is 0.118 e. The molecule has 0 aliphatic rings. The lowest BCUT2D eigenvalue weighted by atomic mass is 10.0. The molecule has 0 aliphatic carbocycles. The third kappa shape index (κ3) is 6.95. The van der Waals surface area contributed by atoms with Gasteiger partial charge in [0.2, 0.25) is 0 Å². The summed E-state index contributed by atoms with van der Waals surface area (Å²) in [7, 11) is 0. The molecule has 0 aromatic carbocycles. The molecule has 74 valence electrons. The van der Waals surface area contributed by atoms with Crippen LogP contribution in [0.3, 0.4) is 0 Å². The van der Waals surface area contributed by atoms with Crippen molar-refractivity contribution in [2.45, 2.75) is 46.1 Å². The molecule has 0 saturated heterocycles. The molecule has 1 N–H and O–H groups in total. The monoisotopic (exact) mass is 192 g/mol. The second kappa shape index (κ2) is 7.90. The summed E-state index contributed by atoms with van der Waals surface area (Å²) in [6, 6.07) is 0. The van der Waals surface area contributed by atoms with Crippen molar-refractivity contribution in [3.8, 4) is 0 Å². The summed E-state index contributed by atoms with van der Waals surface area (Å²) < 4.78 is 13.7. The van der Waals surface area contributed by atoms with Crippen LogP contribution in [0.5, 0.6) is 0 Å². The van der Waals surface area contributed by atoms with E-state index in [0.29, 0.717) is 5.94 Å². The van der Waals surface area contributed by atoms with Gasteiger partial charge in [-0.25, -0.2) is 0 Å². The zero-order valence-electron chi connectivity index (χ0n) is 8.25. The number of hydrogen-bond acceptors (Lipinski definition) is 3. The Morgan fingerprint density at radius 3 is 2.50 bits per heavy atom. The molecule has 0 fully saturated rings. The van der Waals surface area contributed by atoms with E-state index in [-0.39, 0.29) is 6.10 Å². The molecule has 0 bridgehead atoms. The number of ether oxygens (including phenoxy) is 1. The zero-order chi connectivity index (χ0) is 9.40. The minimum atomic E-state index is 0.277. The first-order chi connectivity index (χ1) is 5.70. The lowest BCUT2D eigenvalue weighted by Crippen LogP contribution is -2.09. The van der Waals surface area contributed by atoms with E-state index in [1.165, 1.54) is 12.8 Å². The minimum Gasteiger partial charge on any atom is -0.366 e. The van der Waals surface area contributed by atoms with Gasteiger partial charge in [-0.3, -0.25) is 0 Å². The van der Waals surface area contributed by atoms with Crippen molar-refractivity contribution in [3.05, 3.63) is 0 Å². The summed E-state index contributed by atoms with van der Waals surface area (Å²) in [5, 5.41) is 0. The van der Waals surface area contributed by atoms with Crippen molar-refractivity contribution < 1.29 is 9.29 Å². The van der Waals surface area contributed by atoms with Crippen molar-refractivity contribution in [2.24, 2.45) is 5.92 Å². The Hall–Kier alpha value is 0.270. The Balaban J connectivity index is 3.24. The molecule has 0 aliphatic heterocycles. The topological polar surface area (TPSA) is 29.5 Å². The van der Waals surface area contributed by atoms with Crippen LogP contribution < -0.4 is 0 Å². The largest absolute Gasteiger partial charge is 0.366 e. The van der Waals surface area contributed by atoms with Crippen molar-refractivity contribution in [1.29, 1.82) is 0 Å². The van der Waals surface area contributed by atoms with Gasteiger partial charge in [-0.1, -0.05) is 20.3 Å². The molecule has 0 heterocycles. The Bertz CT molecular complexity index is 98.5. The molecular weight excluding hydrogens is 172 g/mol. The highest BCUT2D eigenvalue weighted by atomic mass is 32.2. The highest BCUT2D eigenvalue weighted by Gasteiger charge is 2.04. The minimum absolute atomic E-state index is 0.277. The molecule has 0 aromatic rings. The molecule has 1 unspecified atom stereocenters. The van der Waals surface area contributed by atoms with Crippen molar-refractivity contribution in [1.82, 2.24) is 0 Å². The number of rotatable bonds is 7. The average molecular weight is 192 g/mol. The van der Waals surface area contributed by atoms with Gasteiger partial charge in [0.25, 0.3) is 0 Å². The molecule has 0 amide bonds. The summed E-state index contributed by atoms with van der Waals surface area (Å²) in [6.07, 6.45) is 3.82. The number of hydrogen-bond donors (Lipinski definition) is 1. The van der Waals surface area contributed by atoms with E-state index in [0.717, 1.165) is 24.4 Å². The van der Waals surface area contributed by atoms with E-state index in [4.69, 9.17) is 9.29 Å². The predicted octanol–water partition coefficient (Wildman–Crippen LogP) is 3.38. The van der Waals surface area contributed by atoms with Gasteiger partial charge < -0.3 is 9.29 Å². The Labute approximate surface area is 79.9 Å². The normalized spacial score (nSPS) is 16.0. The fraction of sp³-hybridized carbons (Fsp3) is 1.00. The standard InChI is InChI=1S/C9H20O2S/c1-4-8(2)5-6-9(3)11-7-12-10/h8-10H,4-7H2,1-3H3/t8?,9-/m0/s1. The summed E-state index contributed by atoms with van der Waals surface area (Å²) in [5.41, 5.74) is 0. The second-order valence-electron chi connectivity index (χ2n) is 3.32. The third-order valence-corrected chi connectivity index (χ3v) is 2.41. The van der Waals surface area contributed by atoms with Crippen LogP contribution in [-0.4, -0.2) is 16.6 Å². The van der Waals surface area contributed by atoms with E-state index in [1.807, 2.05) is 0 Å². The summed E-state index contributed by atoms with van der Waals surface area (Å²) >= 11 is 0.748. The van der Waals surface area contributed by atoms with Gasteiger partial charge in [0, 0.05) is 12.0 Å². The summed E-state index contributed by atoms with van der Waals surface area (Å²) in [4.78, 5) is 0. The molecule has 0 spiro atoms. The maximum absolute atomic E-state index is 8.43. The van der Waals surface area contributed by atoms with Crippen molar-refractivity contribution in [2.75, 3.05) is 5.94 Å². The molecule has 0 aromatic heterocycles. The highest BCUT2D eigenvalue weighted by molar-refractivity contribution is 7.93. The fourth-order valence-electron chi connectivity index (χ4n) is 0.953. The fourth-order valence-corrected chi connectivity index (χ4v) is 1.25. The van der Waals surface area contributed by atoms with Gasteiger partial charge in [0.05, 0.1) is 6.10 Å². The summed E-state index contributed by atoms with van der Waals surface area (Å²) in [6.45, 7) is 6.52. The van der Waals surface area contributed by atoms with Crippen molar-refractivity contribution >= 4 is 12.0 Å². The highest BCUT2D eigenvalue weighted by Crippen LogP contribution is 2.13. The van der Waals surface area contributed by atoms with E-state index >= 15 is 0 Å². The van der Waals surface area contributed by atoms with Gasteiger partial charge in [-0.15, -0.1) is 0 Å². The van der Waals surface area contributed by atoms with E-state index in [9.17, 15) is 0 Å². The molecule has 12 heavy (non-hydrogen) atoms. The van der Waals surface area contributed by atoms with Crippen LogP contribution in [0.15, 0.2) is 0 Å². The smallest absolute Gasteiger partial charge is 0.118 e. The van der Waals surface area contributed by atoms with Gasteiger partial charge in [-0.05, 0) is 25.7 Å². The Morgan fingerprint density at radius 1 is 1.33 bits per heavy atom. The van der Waals surface area contributed by atoms with Gasteiger partial charge in [0.15, 0.2) is 0 Å². The molecule has 0 rings (SSSR count).